The van der Waals surface area contributed by atoms with Crippen LogP contribution in [0.3, 0.4) is 0 Å². The summed E-state index contributed by atoms with van der Waals surface area (Å²) in [6.07, 6.45) is 2.07. The first-order valence-electron chi connectivity index (χ1n) is 15.7. The lowest BCUT2D eigenvalue weighted by Gasteiger charge is -2.64. The number of hydrogen-bond donors (Lipinski definition) is 1. The Labute approximate surface area is 258 Å². The van der Waals surface area contributed by atoms with Crippen molar-refractivity contribution in [1.82, 2.24) is 0 Å². The molecule has 12 atom stereocenters. The van der Waals surface area contributed by atoms with Crippen molar-refractivity contribution < 1.29 is 57.4 Å². The Morgan fingerprint density at radius 2 is 1.68 bits per heavy atom. The molecule has 0 aromatic carbocycles. The second-order valence-electron chi connectivity index (χ2n) is 13.7. The molecule has 0 unspecified atom stereocenters. The molecule has 44 heavy (non-hydrogen) atoms. The molecule has 5 rings (SSSR count). The highest BCUT2D eigenvalue weighted by Gasteiger charge is 2.77. The molecule has 2 aliphatic carbocycles. The minimum atomic E-state index is -0.939. The van der Waals surface area contributed by atoms with Gasteiger partial charge in [-0.3, -0.25) is 19.2 Å². The molecule has 1 spiro atoms. The maximum absolute atomic E-state index is 13.2. The van der Waals surface area contributed by atoms with Gasteiger partial charge in [0.2, 0.25) is 6.29 Å². The quantitative estimate of drug-likeness (QED) is 0.216. The van der Waals surface area contributed by atoms with Crippen molar-refractivity contribution in [3.8, 4) is 0 Å². The van der Waals surface area contributed by atoms with Crippen molar-refractivity contribution in [3.05, 3.63) is 12.3 Å². The van der Waals surface area contributed by atoms with E-state index in [-0.39, 0.29) is 49.6 Å². The first kappa shape index (κ1) is 32.7. The summed E-state index contributed by atoms with van der Waals surface area (Å²) in [5, 5.41) is 11.2. The molecule has 0 aromatic rings. The van der Waals surface area contributed by atoms with Crippen LogP contribution in [0.5, 0.6) is 0 Å². The highest BCUT2D eigenvalue weighted by Crippen LogP contribution is 2.70. The van der Waals surface area contributed by atoms with Gasteiger partial charge in [-0.15, -0.1) is 0 Å². The van der Waals surface area contributed by atoms with E-state index in [1.54, 1.807) is 20.1 Å². The maximum atomic E-state index is 13.2. The van der Waals surface area contributed by atoms with Crippen LogP contribution in [0, 0.1) is 28.6 Å². The lowest BCUT2D eigenvalue weighted by atomic mass is 9.42. The zero-order chi connectivity index (χ0) is 32.0. The smallest absolute Gasteiger partial charge is 0.309 e. The number of esters is 4. The number of hydrogen-bond acceptors (Lipinski definition) is 12. The number of ether oxygens (including phenoxy) is 7. The first-order valence-corrected chi connectivity index (χ1v) is 15.7. The Bertz CT molecular complexity index is 1160. The van der Waals surface area contributed by atoms with Crippen molar-refractivity contribution in [2.24, 2.45) is 28.6 Å². The molecule has 0 amide bonds. The largest absolute Gasteiger partial charge is 0.472 e. The van der Waals surface area contributed by atoms with Crippen LogP contribution in [-0.2, 0) is 52.3 Å². The number of aliphatic hydroxyl groups is 1. The van der Waals surface area contributed by atoms with E-state index in [9.17, 15) is 24.3 Å². The predicted octanol–water partition coefficient (Wildman–Crippen LogP) is 2.97. The number of aliphatic hydroxyl groups excluding tert-OH is 1. The fraction of sp³-hybridized carbons (Fsp3) is 0.812. The van der Waals surface area contributed by atoms with Gasteiger partial charge in [-0.25, -0.2) is 0 Å². The van der Waals surface area contributed by atoms with E-state index in [0.717, 1.165) is 6.42 Å². The summed E-state index contributed by atoms with van der Waals surface area (Å²) < 4.78 is 40.7. The third kappa shape index (κ3) is 5.97. The van der Waals surface area contributed by atoms with E-state index < -0.39 is 64.7 Å². The van der Waals surface area contributed by atoms with Crippen LogP contribution < -0.4 is 0 Å². The average Bonchev–Trinajstić information content (AvgIpc) is 3.33. The summed E-state index contributed by atoms with van der Waals surface area (Å²) in [6, 6.07) is 0. The topological polar surface area (TPSA) is 156 Å². The number of epoxide rings is 1. The second-order valence-corrected chi connectivity index (χ2v) is 13.7. The molecule has 4 fully saturated rings. The molecule has 1 N–H and O–H groups in total. The van der Waals surface area contributed by atoms with Gasteiger partial charge in [0.1, 0.15) is 30.5 Å². The van der Waals surface area contributed by atoms with Crippen LogP contribution in [0.25, 0.3) is 0 Å². The standard InChI is InChI=1S/C32H46O12/c1-17-9-26(43-21(5)34)32(16-39-27(36)10-19(3)42-28(37)11-18(2)41-20(4)33)24(13-23(35)14-31(32)15-40-31)30(17,6)25-12-22-7-8-38-29(22)44-25/h7-8,17-19,22-26,29,35H,9-16H2,1-6H3/t17-,18+,19+,22-,23-,24-,25+,26+,29-,30+,31+,32+/m1/s1. The van der Waals surface area contributed by atoms with Crippen molar-refractivity contribution in [3.63, 3.8) is 0 Å². The molecule has 3 heterocycles. The Hall–Kier alpha value is -2.70. The summed E-state index contributed by atoms with van der Waals surface area (Å²) in [5.41, 5.74) is -2.27. The van der Waals surface area contributed by atoms with Crippen LogP contribution in [0.1, 0.15) is 80.1 Å². The fourth-order valence-corrected chi connectivity index (χ4v) is 8.57. The van der Waals surface area contributed by atoms with Gasteiger partial charge in [-0.1, -0.05) is 13.8 Å². The van der Waals surface area contributed by atoms with E-state index in [1.807, 2.05) is 6.08 Å². The molecule has 2 saturated heterocycles. The van der Waals surface area contributed by atoms with E-state index in [2.05, 4.69) is 13.8 Å². The zero-order valence-electron chi connectivity index (χ0n) is 26.4. The van der Waals surface area contributed by atoms with Crippen LogP contribution >= 0.6 is 0 Å². The third-order valence-electron chi connectivity index (χ3n) is 10.7. The van der Waals surface area contributed by atoms with Crippen LogP contribution in [0.15, 0.2) is 12.3 Å². The predicted molar refractivity (Wildman–Crippen MR) is 151 cm³/mol. The van der Waals surface area contributed by atoms with Crippen LogP contribution in [0.4, 0.5) is 0 Å². The number of carbonyl (C=O) groups is 4. The monoisotopic (exact) mass is 622 g/mol. The highest BCUT2D eigenvalue weighted by atomic mass is 16.7. The van der Waals surface area contributed by atoms with Gasteiger partial charge in [0, 0.05) is 31.6 Å². The third-order valence-corrected chi connectivity index (χ3v) is 10.7. The number of fused-ring (bicyclic) bond motifs is 3. The van der Waals surface area contributed by atoms with Gasteiger partial charge in [-0.05, 0) is 51.0 Å². The molecule has 0 bridgehead atoms. The number of rotatable bonds is 10. The zero-order valence-corrected chi connectivity index (χ0v) is 26.4. The highest BCUT2D eigenvalue weighted by molar-refractivity contribution is 5.73. The Balaban J connectivity index is 1.37. The second kappa shape index (κ2) is 12.2. The molecule has 0 aromatic heterocycles. The van der Waals surface area contributed by atoms with Crippen molar-refractivity contribution >= 4 is 23.9 Å². The van der Waals surface area contributed by atoms with Crippen molar-refractivity contribution in [2.45, 2.75) is 122 Å². The van der Waals surface area contributed by atoms with E-state index in [1.165, 1.54) is 13.8 Å². The van der Waals surface area contributed by atoms with Gasteiger partial charge in [0.15, 0.2) is 0 Å². The summed E-state index contributed by atoms with van der Waals surface area (Å²) in [6.45, 7) is 10.3. The van der Waals surface area contributed by atoms with Crippen LogP contribution in [-0.4, -0.2) is 84.6 Å². The molecule has 12 heteroatoms. The minimum absolute atomic E-state index is 0.0309. The lowest BCUT2D eigenvalue weighted by Crippen LogP contribution is -2.70. The Morgan fingerprint density at radius 3 is 2.32 bits per heavy atom. The van der Waals surface area contributed by atoms with E-state index in [0.29, 0.717) is 25.9 Å². The maximum Gasteiger partial charge on any atom is 0.309 e. The van der Waals surface area contributed by atoms with E-state index in [4.69, 9.17) is 33.2 Å². The van der Waals surface area contributed by atoms with Gasteiger partial charge in [0.05, 0.1) is 43.3 Å². The first-order chi connectivity index (χ1) is 20.7. The summed E-state index contributed by atoms with van der Waals surface area (Å²) in [4.78, 5) is 49.1. The molecule has 0 radical (unpaired) electrons. The summed E-state index contributed by atoms with van der Waals surface area (Å²) in [5.74, 6) is -2.25. The van der Waals surface area contributed by atoms with Crippen LogP contribution in [0.2, 0.25) is 0 Å². The minimum Gasteiger partial charge on any atom is -0.472 e. The molecule has 5 aliphatic rings. The molecular weight excluding hydrogens is 576 g/mol. The van der Waals surface area contributed by atoms with Gasteiger partial charge < -0.3 is 38.3 Å². The molecule has 3 aliphatic heterocycles. The average molecular weight is 623 g/mol. The molecule has 12 nitrogen and oxygen atoms in total. The van der Waals surface area contributed by atoms with Gasteiger partial charge >= 0.3 is 23.9 Å². The molecular formula is C32H46O12. The lowest BCUT2D eigenvalue weighted by molar-refractivity contribution is -0.263. The van der Waals surface area contributed by atoms with E-state index >= 15 is 0 Å². The normalized spacial score (nSPS) is 41.5. The van der Waals surface area contributed by atoms with Crippen molar-refractivity contribution in [1.29, 1.82) is 0 Å². The summed E-state index contributed by atoms with van der Waals surface area (Å²) in [7, 11) is 0. The Kier molecular flexibility index (Phi) is 9.10. The van der Waals surface area contributed by atoms with Crippen molar-refractivity contribution in [2.75, 3.05) is 13.2 Å². The fourth-order valence-electron chi connectivity index (χ4n) is 8.57. The number of carbonyl (C=O) groups excluding carboxylic acids is 4. The van der Waals surface area contributed by atoms with Gasteiger partial charge in [0.25, 0.3) is 0 Å². The molecule has 246 valence electrons. The Morgan fingerprint density at radius 1 is 1.00 bits per heavy atom. The summed E-state index contributed by atoms with van der Waals surface area (Å²) >= 11 is 0. The molecule has 2 saturated carbocycles. The van der Waals surface area contributed by atoms with Gasteiger partial charge in [-0.2, -0.15) is 0 Å². The SMILES string of the molecule is CC(=O)O[C@H]1C[C@@H](C)[C@](C)([C@@H]2C[C@H]3C=CO[C@@H]3O2)[C@H]2C[C@@H](O)C[C@]3(CO3)[C@]12COC(=O)C[C@H](C)OC(=O)C[C@H](C)OC(C)=O.